The first-order valence-electron chi connectivity index (χ1n) is 2.90. The molecule has 0 bridgehead atoms. The molecule has 0 saturated heterocycles. The maximum atomic E-state index is 8.88. The van der Waals surface area contributed by atoms with E-state index in [1.54, 1.807) is 0 Å². The molecule has 0 fully saturated rings. The van der Waals surface area contributed by atoms with Crippen molar-refractivity contribution in [2.24, 2.45) is 5.73 Å². The summed E-state index contributed by atoms with van der Waals surface area (Å²) in [4.78, 5) is 23.6. The van der Waals surface area contributed by atoms with Crippen LogP contribution in [0.25, 0.3) is 0 Å². The Hall–Kier alpha value is 0.0300. The molecule has 6 nitrogen and oxygen atoms in total. The van der Waals surface area contributed by atoms with Gasteiger partial charge in [0.1, 0.15) is 0 Å². The Kier molecular flexibility index (Phi) is 8.32. The largest absolute Gasteiger partial charge is 0.466 e. The Morgan fingerprint density at radius 3 is 1.64 bits per heavy atom. The second kappa shape index (κ2) is 6.72. The number of hydrogen-bond donors (Lipinski definition) is 4. The van der Waals surface area contributed by atoms with Crippen molar-refractivity contribution in [2.75, 3.05) is 27.2 Å². The van der Waals surface area contributed by atoms with E-state index in [1.807, 2.05) is 14.1 Å². The van der Waals surface area contributed by atoms with Crippen molar-refractivity contribution in [3.05, 3.63) is 0 Å². The zero-order valence-electron chi connectivity index (χ0n) is 6.64. The Labute approximate surface area is 65.9 Å². The summed E-state index contributed by atoms with van der Waals surface area (Å²) in [7, 11) is -0.625. The minimum atomic E-state index is -4.64. The molecule has 0 aliphatic heterocycles. The predicted octanol–water partition coefficient (Wildman–Crippen LogP) is -1.42. The standard InChI is InChI=1S/C4H12N2.H3O4P/c1-6(2)4-3-5;1-5(2,3)4/h3-5H2,1-2H3;(H3,1,2,3,4). The molecule has 0 spiro atoms. The zero-order valence-corrected chi connectivity index (χ0v) is 7.53. The van der Waals surface area contributed by atoms with Crippen molar-refractivity contribution < 1.29 is 19.2 Å². The highest BCUT2D eigenvalue weighted by molar-refractivity contribution is 7.45. The van der Waals surface area contributed by atoms with Crippen LogP contribution >= 0.6 is 7.82 Å². The molecule has 0 aromatic carbocycles. The quantitative estimate of drug-likeness (QED) is 0.394. The lowest BCUT2D eigenvalue weighted by Gasteiger charge is -2.03. The van der Waals surface area contributed by atoms with E-state index in [9.17, 15) is 0 Å². The second-order valence-electron chi connectivity index (χ2n) is 2.11. The number of rotatable bonds is 2. The molecule has 7 heteroatoms. The molecule has 0 saturated carbocycles. The van der Waals surface area contributed by atoms with Gasteiger partial charge in [0.15, 0.2) is 0 Å². The summed E-state index contributed by atoms with van der Waals surface area (Å²) in [5, 5.41) is 0. The number of phosphoric acid groups is 1. The van der Waals surface area contributed by atoms with Gasteiger partial charge < -0.3 is 25.3 Å². The number of likely N-dealkylation sites (N-methyl/N-ethyl adjacent to an activating group) is 1. The number of nitrogens with zero attached hydrogens (tertiary/aromatic N) is 1. The van der Waals surface area contributed by atoms with Gasteiger partial charge in [0.05, 0.1) is 0 Å². The highest BCUT2D eigenvalue weighted by atomic mass is 31.2. The van der Waals surface area contributed by atoms with E-state index in [-0.39, 0.29) is 0 Å². The van der Waals surface area contributed by atoms with Crippen LogP contribution < -0.4 is 5.73 Å². The van der Waals surface area contributed by atoms with Crippen LogP contribution in [0.3, 0.4) is 0 Å². The van der Waals surface area contributed by atoms with Crippen molar-refractivity contribution >= 4 is 7.82 Å². The van der Waals surface area contributed by atoms with Crippen LogP contribution in [0.15, 0.2) is 0 Å². The van der Waals surface area contributed by atoms with Crippen molar-refractivity contribution in [1.82, 2.24) is 4.90 Å². The fourth-order valence-electron chi connectivity index (χ4n) is 0.258. The number of nitrogens with two attached hydrogens (primary N) is 1. The third kappa shape index (κ3) is 70.4. The van der Waals surface area contributed by atoms with Gasteiger partial charge in [-0.1, -0.05) is 0 Å². The fraction of sp³-hybridized carbons (Fsp3) is 1.00. The summed E-state index contributed by atoms with van der Waals surface area (Å²) in [5.74, 6) is 0. The Balaban J connectivity index is 0. The molecule has 0 atom stereocenters. The maximum absolute atomic E-state index is 8.88. The molecule has 0 heterocycles. The average molecular weight is 186 g/mol. The molecule has 0 unspecified atom stereocenters. The van der Waals surface area contributed by atoms with Gasteiger partial charge in [-0.25, -0.2) is 4.57 Å². The van der Waals surface area contributed by atoms with Gasteiger partial charge >= 0.3 is 7.82 Å². The molecule has 0 aliphatic rings. The van der Waals surface area contributed by atoms with Gasteiger partial charge in [-0.2, -0.15) is 0 Å². The monoisotopic (exact) mass is 186 g/mol. The molecule has 11 heavy (non-hydrogen) atoms. The Morgan fingerprint density at radius 1 is 1.36 bits per heavy atom. The molecular weight excluding hydrogens is 171 g/mol. The Bertz CT molecular complexity index is 115. The maximum Gasteiger partial charge on any atom is 0.466 e. The van der Waals surface area contributed by atoms with Gasteiger partial charge in [-0.15, -0.1) is 0 Å². The van der Waals surface area contributed by atoms with Crippen LogP contribution in [0.2, 0.25) is 0 Å². The van der Waals surface area contributed by atoms with Crippen LogP contribution in [-0.2, 0) is 4.57 Å². The molecule has 0 aromatic heterocycles. The van der Waals surface area contributed by atoms with Gasteiger partial charge in [-0.3, -0.25) is 0 Å². The van der Waals surface area contributed by atoms with E-state index >= 15 is 0 Å². The van der Waals surface area contributed by atoms with Crippen LogP contribution in [-0.4, -0.2) is 46.8 Å². The normalized spacial score (nSPS) is 10.8. The van der Waals surface area contributed by atoms with Crippen LogP contribution in [0.1, 0.15) is 0 Å². The number of hydrogen-bond acceptors (Lipinski definition) is 3. The van der Waals surface area contributed by atoms with E-state index in [4.69, 9.17) is 25.0 Å². The van der Waals surface area contributed by atoms with Gasteiger partial charge in [0, 0.05) is 13.1 Å². The summed E-state index contributed by atoms with van der Waals surface area (Å²) in [6.07, 6.45) is 0. The van der Waals surface area contributed by atoms with E-state index in [0.717, 1.165) is 13.1 Å². The summed E-state index contributed by atoms with van der Waals surface area (Å²) in [6.45, 7) is 1.74. The molecule has 5 N–H and O–H groups in total. The van der Waals surface area contributed by atoms with E-state index < -0.39 is 7.82 Å². The van der Waals surface area contributed by atoms with Gasteiger partial charge in [0.25, 0.3) is 0 Å². The molecular formula is C4H15N2O4P. The first kappa shape index (κ1) is 13.6. The molecule has 0 rings (SSSR count). The minimum Gasteiger partial charge on any atom is -0.329 e. The van der Waals surface area contributed by atoms with Crippen molar-refractivity contribution in [3.63, 3.8) is 0 Å². The molecule has 0 radical (unpaired) electrons. The second-order valence-corrected chi connectivity index (χ2v) is 3.13. The van der Waals surface area contributed by atoms with Crippen molar-refractivity contribution in [1.29, 1.82) is 0 Å². The summed E-state index contributed by atoms with van der Waals surface area (Å²) < 4.78 is 8.88. The highest BCUT2D eigenvalue weighted by Gasteiger charge is 2.00. The average Bonchev–Trinajstić information content (AvgIpc) is 1.58. The molecule has 0 amide bonds. The molecule has 0 aromatic rings. The van der Waals surface area contributed by atoms with E-state index in [0.29, 0.717) is 0 Å². The summed E-state index contributed by atoms with van der Waals surface area (Å²) >= 11 is 0. The third-order valence-corrected chi connectivity index (χ3v) is 0.576. The van der Waals surface area contributed by atoms with Crippen LogP contribution in [0.4, 0.5) is 0 Å². The lowest BCUT2D eigenvalue weighted by atomic mass is 10.6. The van der Waals surface area contributed by atoms with Crippen molar-refractivity contribution in [3.8, 4) is 0 Å². The fourth-order valence-corrected chi connectivity index (χ4v) is 0.258. The topological polar surface area (TPSA) is 107 Å². The Morgan fingerprint density at radius 2 is 1.64 bits per heavy atom. The smallest absolute Gasteiger partial charge is 0.329 e. The lowest BCUT2D eigenvalue weighted by Crippen LogP contribution is -2.20. The molecule has 70 valence electrons. The minimum absolute atomic E-state index is 0.757. The van der Waals surface area contributed by atoms with Gasteiger partial charge in [-0.05, 0) is 14.1 Å². The molecule has 0 aliphatic carbocycles. The SMILES string of the molecule is CN(C)CCN.O=P(O)(O)O. The summed E-state index contributed by atoms with van der Waals surface area (Å²) in [6, 6.07) is 0. The van der Waals surface area contributed by atoms with E-state index in [2.05, 4.69) is 4.90 Å². The van der Waals surface area contributed by atoms with E-state index in [1.165, 1.54) is 0 Å². The van der Waals surface area contributed by atoms with Crippen LogP contribution in [0.5, 0.6) is 0 Å². The van der Waals surface area contributed by atoms with Crippen LogP contribution in [0, 0.1) is 0 Å². The summed E-state index contributed by atoms with van der Waals surface area (Å²) in [5.41, 5.74) is 5.19. The third-order valence-electron chi connectivity index (χ3n) is 0.576. The van der Waals surface area contributed by atoms with Gasteiger partial charge in [0.2, 0.25) is 0 Å². The lowest BCUT2D eigenvalue weighted by molar-refractivity contribution is 0.275. The zero-order chi connectivity index (χ0) is 9.49. The highest BCUT2D eigenvalue weighted by Crippen LogP contribution is 2.25. The van der Waals surface area contributed by atoms with Crippen molar-refractivity contribution in [2.45, 2.75) is 0 Å². The first-order valence-corrected chi connectivity index (χ1v) is 4.47. The predicted molar refractivity (Wildman–Crippen MR) is 41.9 cm³/mol. The first-order chi connectivity index (χ1) is 4.77.